The second kappa shape index (κ2) is 13.0. The Labute approximate surface area is 156 Å². The van der Waals surface area contributed by atoms with Crippen molar-refractivity contribution in [1.29, 1.82) is 0 Å². The van der Waals surface area contributed by atoms with Crippen molar-refractivity contribution < 1.29 is 35.8 Å². The second-order valence-electron chi connectivity index (χ2n) is 6.15. The maximum absolute atomic E-state index is 12.3. The Balaban J connectivity index is 4.29. The molecule has 158 valence electrons. The molecule has 0 amide bonds. The lowest BCUT2D eigenvalue weighted by Gasteiger charge is -2.30. The normalized spacial score (nSPS) is 14.2. The van der Waals surface area contributed by atoms with Crippen LogP contribution in [0.4, 0.5) is 26.3 Å². The average molecular weight is 402 g/mol. The van der Waals surface area contributed by atoms with E-state index in [-0.39, 0.29) is 12.8 Å². The lowest BCUT2D eigenvalue weighted by molar-refractivity contribution is -0.305. The summed E-state index contributed by atoms with van der Waals surface area (Å²) in [6, 6.07) is 0. The minimum atomic E-state index is -4.64. The Morgan fingerprint density at radius 3 is 1.37 bits per heavy atom. The number of allylic oxidation sites excluding steroid dienone is 6. The van der Waals surface area contributed by atoms with Crippen LogP contribution in [0, 0.1) is 0 Å². The zero-order valence-electron chi connectivity index (χ0n) is 15.7. The van der Waals surface area contributed by atoms with Gasteiger partial charge in [-0.1, -0.05) is 36.5 Å². The summed E-state index contributed by atoms with van der Waals surface area (Å²) in [5, 5.41) is 0. The van der Waals surface area contributed by atoms with E-state index in [4.69, 9.17) is 0 Å². The fourth-order valence-corrected chi connectivity index (χ4v) is 2.02. The minimum absolute atomic E-state index is 0.116. The molecule has 0 aliphatic carbocycles. The van der Waals surface area contributed by atoms with E-state index in [0.29, 0.717) is 0 Å². The molecule has 8 heteroatoms. The summed E-state index contributed by atoms with van der Waals surface area (Å²) in [6.45, 7) is -0.278. The molecule has 0 rings (SSSR count). The first kappa shape index (κ1) is 25.7. The molecule has 27 heavy (non-hydrogen) atoms. The van der Waals surface area contributed by atoms with Crippen molar-refractivity contribution in [3.8, 4) is 0 Å². The first-order chi connectivity index (χ1) is 12.5. The molecule has 0 saturated heterocycles. The Morgan fingerprint density at radius 2 is 1.00 bits per heavy atom. The molecule has 0 N–H and O–H groups in total. The van der Waals surface area contributed by atoms with Crippen LogP contribution in [0.1, 0.15) is 52.4 Å². The summed E-state index contributed by atoms with van der Waals surface area (Å²) >= 11 is 0. The van der Waals surface area contributed by atoms with E-state index in [1.54, 1.807) is 6.08 Å². The minimum Gasteiger partial charge on any atom is -0.341 e. The van der Waals surface area contributed by atoms with Crippen molar-refractivity contribution in [2.75, 3.05) is 13.2 Å². The summed E-state index contributed by atoms with van der Waals surface area (Å²) in [7, 11) is 0. The smallest absolute Gasteiger partial charge is 0.341 e. The quantitative estimate of drug-likeness (QED) is 0.145. The first-order valence-electron chi connectivity index (χ1n) is 8.80. The van der Waals surface area contributed by atoms with Crippen LogP contribution in [0.15, 0.2) is 36.5 Å². The van der Waals surface area contributed by atoms with Gasteiger partial charge in [-0.05, 0) is 46.0 Å². The lowest BCUT2D eigenvalue weighted by Crippen LogP contribution is -2.39. The van der Waals surface area contributed by atoms with E-state index in [1.165, 1.54) is 0 Å². The van der Waals surface area contributed by atoms with E-state index < -0.39 is 31.4 Å². The summed E-state index contributed by atoms with van der Waals surface area (Å²) in [5.74, 6) is -1.96. The molecule has 0 aromatic heterocycles. The number of unbranched alkanes of at least 4 members (excludes halogenated alkanes) is 2. The summed E-state index contributed by atoms with van der Waals surface area (Å²) in [6.07, 6.45) is 6.06. The molecule has 0 aromatic carbocycles. The van der Waals surface area contributed by atoms with Gasteiger partial charge in [0.25, 0.3) is 0 Å². The summed E-state index contributed by atoms with van der Waals surface area (Å²) in [4.78, 5) is 0. The molecule has 0 atom stereocenters. The van der Waals surface area contributed by atoms with Crippen LogP contribution in [-0.2, 0) is 9.47 Å². The van der Waals surface area contributed by atoms with Gasteiger partial charge < -0.3 is 9.47 Å². The van der Waals surface area contributed by atoms with E-state index in [1.807, 2.05) is 25.2 Å². The van der Waals surface area contributed by atoms with Crippen molar-refractivity contribution >= 4 is 0 Å². The van der Waals surface area contributed by atoms with Gasteiger partial charge in [-0.25, -0.2) is 0 Å². The van der Waals surface area contributed by atoms with Gasteiger partial charge in [0.2, 0.25) is 0 Å². The Bertz CT molecular complexity index is 446. The van der Waals surface area contributed by atoms with Gasteiger partial charge in [0.05, 0.1) is 0 Å². The maximum Gasteiger partial charge on any atom is 0.411 e. The van der Waals surface area contributed by atoms with Crippen molar-refractivity contribution in [2.24, 2.45) is 0 Å². The molecule has 0 bridgehead atoms. The maximum atomic E-state index is 12.3. The molecule has 0 spiro atoms. The fraction of sp³-hybridized carbons (Fsp3) is 0.684. The Hall–Kier alpha value is -1.28. The standard InChI is InChI=1S/C19H28F6O2/c1-3-4-5-6-7-8-9-10-11-12-13-14-17(2,26-15-18(20,21)22)27-16-19(23,24)25/h3-4,7-8,11-12H,5-6,9-10,13-16H2,1-2H3/b4-3+,8-7+,12-11+. The molecular formula is C19H28F6O2. The third-order valence-corrected chi connectivity index (χ3v) is 3.42. The number of halogens is 6. The molecule has 0 radical (unpaired) electrons. The highest BCUT2D eigenvalue weighted by Crippen LogP contribution is 2.27. The van der Waals surface area contributed by atoms with Crippen LogP contribution in [0.2, 0.25) is 0 Å². The molecule has 0 heterocycles. The Morgan fingerprint density at radius 1 is 0.630 bits per heavy atom. The highest BCUT2D eigenvalue weighted by atomic mass is 19.4. The highest BCUT2D eigenvalue weighted by Gasteiger charge is 2.38. The predicted octanol–water partition coefficient (Wildman–Crippen LogP) is 6.89. The van der Waals surface area contributed by atoms with Gasteiger partial charge in [-0.2, -0.15) is 26.3 Å². The number of hydrogen-bond acceptors (Lipinski definition) is 2. The zero-order valence-corrected chi connectivity index (χ0v) is 15.7. The van der Waals surface area contributed by atoms with Crippen molar-refractivity contribution in [3.05, 3.63) is 36.5 Å². The molecule has 0 aromatic rings. The molecule has 0 aliphatic rings. The van der Waals surface area contributed by atoms with Crippen molar-refractivity contribution in [3.63, 3.8) is 0 Å². The second-order valence-corrected chi connectivity index (χ2v) is 6.15. The van der Waals surface area contributed by atoms with Gasteiger partial charge >= 0.3 is 12.4 Å². The molecule has 0 fully saturated rings. The van der Waals surface area contributed by atoms with Crippen LogP contribution in [0.3, 0.4) is 0 Å². The van der Waals surface area contributed by atoms with Gasteiger partial charge in [0.1, 0.15) is 13.2 Å². The zero-order chi connectivity index (χ0) is 20.8. The van der Waals surface area contributed by atoms with Crippen molar-refractivity contribution in [1.82, 2.24) is 0 Å². The first-order valence-corrected chi connectivity index (χ1v) is 8.80. The lowest BCUT2D eigenvalue weighted by atomic mass is 10.1. The third-order valence-electron chi connectivity index (χ3n) is 3.42. The van der Waals surface area contributed by atoms with E-state index in [2.05, 4.69) is 21.6 Å². The van der Waals surface area contributed by atoms with Gasteiger partial charge in [0.15, 0.2) is 5.79 Å². The van der Waals surface area contributed by atoms with Gasteiger partial charge in [-0.3, -0.25) is 0 Å². The number of hydrogen-bond donors (Lipinski definition) is 0. The van der Waals surface area contributed by atoms with Crippen LogP contribution < -0.4 is 0 Å². The summed E-state index contributed by atoms with van der Waals surface area (Å²) < 4.78 is 82.9. The third kappa shape index (κ3) is 17.9. The SMILES string of the molecule is C/C=C/CC/C=C/CC/C=C/CCC(C)(OCC(F)(F)F)OCC(F)(F)F. The van der Waals surface area contributed by atoms with Crippen LogP contribution in [0.5, 0.6) is 0 Å². The van der Waals surface area contributed by atoms with Crippen LogP contribution in [0.25, 0.3) is 0 Å². The molecule has 0 saturated carbocycles. The van der Waals surface area contributed by atoms with Crippen LogP contribution in [-0.4, -0.2) is 31.4 Å². The topological polar surface area (TPSA) is 18.5 Å². The predicted molar refractivity (Wildman–Crippen MR) is 93.2 cm³/mol. The van der Waals surface area contributed by atoms with Gasteiger partial charge in [-0.15, -0.1) is 0 Å². The highest BCUT2D eigenvalue weighted by molar-refractivity contribution is 4.90. The largest absolute Gasteiger partial charge is 0.411 e. The van der Waals surface area contributed by atoms with Crippen LogP contribution >= 0.6 is 0 Å². The molecule has 0 aliphatic heterocycles. The van der Waals surface area contributed by atoms with E-state index >= 15 is 0 Å². The number of rotatable bonds is 13. The van der Waals surface area contributed by atoms with Crippen molar-refractivity contribution in [2.45, 2.75) is 70.5 Å². The molecule has 0 unspecified atom stereocenters. The molecule has 2 nitrogen and oxygen atoms in total. The van der Waals surface area contributed by atoms with E-state index in [9.17, 15) is 26.3 Å². The van der Waals surface area contributed by atoms with E-state index in [0.717, 1.165) is 32.6 Å². The Kier molecular flexibility index (Phi) is 12.4. The van der Waals surface area contributed by atoms with Gasteiger partial charge in [0, 0.05) is 6.42 Å². The summed E-state index contributed by atoms with van der Waals surface area (Å²) in [5.41, 5.74) is 0. The fourth-order valence-electron chi connectivity index (χ4n) is 2.02. The average Bonchev–Trinajstić information content (AvgIpc) is 2.55. The number of alkyl halides is 6. The monoisotopic (exact) mass is 402 g/mol. The number of ether oxygens (including phenoxy) is 2. The molecular weight excluding hydrogens is 374 g/mol.